The number of aromatic nitrogens is 2. The number of aryl methyl sites for hydroxylation is 1. The van der Waals surface area contributed by atoms with E-state index < -0.39 is 0 Å². The molecule has 0 saturated carbocycles. The summed E-state index contributed by atoms with van der Waals surface area (Å²) >= 11 is 0. The summed E-state index contributed by atoms with van der Waals surface area (Å²) in [5, 5.41) is 0. The molecule has 1 aliphatic heterocycles. The standard InChI is InChI=1S/C19H25N5O/c1-16-4-6-17(7-5-16)14-22(2)18(25)15-23-10-12-24(13-11-23)19-20-8-3-9-21-19/h3-9H,10-15H2,1-2H3. The van der Waals surface area contributed by atoms with Crippen LogP contribution in [0.3, 0.4) is 0 Å². The van der Waals surface area contributed by atoms with Gasteiger partial charge in [0.15, 0.2) is 0 Å². The van der Waals surface area contributed by atoms with Gasteiger partial charge in [-0.05, 0) is 18.6 Å². The van der Waals surface area contributed by atoms with Crippen LogP contribution in [0, 0.1) is 6.92 Å². The van der Waals surface area contributed by atoms with Crippen LogP contribution in [-0.4, -0.2) is 65.4 Å². The second-order valence-electron chi connectivity index (χ2n) is 6.55. The third-order valence-corrected chi connectivity index (χ3v) is 4.53. The van der Waals surface area contributed by atoms with Crippen molar-refractivity contribution in [3.63, 3.8) is 0 Å². The molecule has 0 unspecified atom stereocenters. The summed E-state index contributed by atoms with van der Waals surface area (Å²) in [7, 11) is 1.87. The fraction of sp³-hybridized carbons (Fsp3) is 0.421. The largest absolute Gasteiger partial charge is 0.340 e. The Kier molecular flexibility index (Phi) is 5.60. The van der Waals surface area contributed by atoms with Crippen molar-refractivity contribution in [1.82, 2.24) is 19.8 Å². The maximum atomic E-state index is 12.5. The van der Waals surface area contributed by atoms with Gasteiger partial charge >= 0.3 is 0 Å². The molecule has 25 heavy (non-hydrogen) atoms. The van der Waals surface area contributed by atoms with Crippen LogP contribution in [-0.2, 0) is 11.3 Å². The van der Waals surface area contributed by atoms with Crippen molar-refractivity contribution in [2.75, 3.05) is 44.7 Å². The van der Waals surface area contributed by atoms with Crippen LogP contribution in [0.5, 0.6) is 0 Å². The van der Waals surface area contributed by atoms with Crippen LogP contribution >= 0.6 is 0 Å². The molecule has 1 aliphatic rings. The van der Waals surface area contributed by atoms with Crippen LogP contribution in [0.2, 0.25) is 0 Å². The molecule has 0 radical (unpaired) electrons. The van der Waals surface area contributed by atoms with Crippen molar-refractivity contribution in [3.8, 4) is 0 Å². The zero-order valence-corrected chi connectivity index (χ0v) is 14.9. The second kappa shape index (κ2) is 8.07. The van der Waals surface area contributed by atoms with E-state index in [-0.39, 0.29) is 5.91 Å². The predicted molar refractivity (Wildman–Crippen MR) is 98.3 cm³/mol. The number of carbonyl (C=O) groups is 1. The lowest BCUT2D eigenvalue weighted by molar-refractivity contribution is -0.131. The van der Waals surface area contributed by atoms with Crippen molar-refractivity contribution in [3.05, 3.63) is 53.9 Å². The lowest BCUT2D eigenvalue weighted by Gasteiger charge is -2.34. The minimum Gasteiger partial charge on any atom is -0.340 e. The number of piperazine rings is 1. The van der Waals surface area contributed by atoms with Crippen LogP contribution in [0.15, 0.2) is 42.7 Å². The summed E-state index contributed by atoms with van der Waals surface area (Å²) in [5.74, 6) is 0.926. The Labute approximate surface area is 149 Å². The Bertz CT molecular complexity index is 681. The van der Waals surface area contributed by atoms with Crippen LogP contribution in [0.25, 0.3) is 0 Å². The van der Waals surface area contributed by atoms with Gasteiger partial charge in [-0.3, -0.25) is 9.69 Å². The molecule has 6 heteroatoms. The summed E-state index contributed by atoms with van der Waals surface area (Å²) in [6, 6.07) is 10.1. The number of amides is 1. The molecule has 1 amide bonds. The van der Waals surface area contributed by atoms with Crippen molar-refractivity contribution in [1.29, 1.82) is 0 Å². The van der Waals surface area contributed by atoms with E-state index in [2.05, 4.69) is 51.0 Å². The molecule has 1 aromatic heterocycles. The van der Waals surface area contributed by atoms with Crippen molar-refractivity contribution in [2.45, 2.75) is 13.5 Å². The van der Waals surface area contributed by atoms with Crippen LogP contribution in [0.1, 0.15) is 11.1 Å². The van der Waals surface area contributed by atoms with E-state index in [0.717, 1.165) is 37.7 Å². The average Bonchev–Trinajstić information content (AvgIpc) is 2.65. The molecule has 1 saturated heterocycles. The Morgan fingerprint density at radius 3 is 2.36 bits per heavy atom. The maximum Gasteiger partial charge on any atom is 0.236 e. The molecule has 2 heterocycles. The van der Waals surface area contributed by atoms with Crippen LogP contribution in [0.4, 0.5) is 5.95 Å². The molecule has 132 valence electrons. The Morgan fingerprint density at radius 1 is 1.08 bits per heavy atom. The van der Waals surface area contributed by atoms with Crippen molar-refractivity contribution >= 4 is 11.9 Å². The lowest BCUT2D eigenvalue weighted by atomic mass is 10.1. The highest BCUT2D eigenvalue weighted by atomic mass is 16.2. The van der Waals surface area contributed by atoms with E-state index in [1.54, 1.807) is 17.3 Å². The normalized spacial score (nSPS) is 15.2. The molecule has 1 aromatic carbocycles. The molecule has 0 atom stereocenters. The summed E-state index contributed by atoms with van der Waals surface area (Å²) < 4.78 is 0. The third kappa shape index (κ3) is 4.76. The minimum atomic E-state index is 0.157. The van der Waals surface area contributed by atoms with Gasteiger partial charge in [0.1, 0.15) is 0 Å². The molecule has 3 rings (SSSR count). The highest BCUT2D eigenvalue weighted by Crippen LogP contribution is 2.10. The molecule has 1 fully saturated rings. The summed E-state index contributed by atoms with van der Waals surface area (Å²) in [5.41, 5.74) is 2.39. The van der Waals surface area contributed by atoms with Crippen LogP contribution < -0.4 is 4.90 Å². The molecule has 6 nitrogen and oxygen atoms in total. The number of likely N-dealkylation sites (N-methyl/N-ethyl adjacent to an activating group) is 1. The predicted octanol–water partition coefficient (Wildman–Crippen LogP) is 1.57. The van der Waals surface area contributed by atoms with Gasteiger partial charge in [0.05, 0.1) is 6.54 Å². The first-order valence-corrected chi connectivity index (χ1v) is 8.65. The Hall–Kier alpha value is -2.47. The van der Waals surface area contributed by atoms with E-state index in [1.807, 2.05) is 13.1 Å². The van der Waals surface area contributed by atoms with Crippen molar-refractivity contribution < 1.29 is 4.79 Å². The van der Waals surface area contributed by atoms with E-state index in [1.165, 1.54) is 5.56 Å². The summed E-state index contributed by atoms with van der Waals surface area (Å²) in [4.78, 5) is 27.2. The number of nitrogens with zero attached hydrogens (tertiary/aromatic N) is 5. The van der Waals surface area contributed by atoms with Gasteiger partial charge in [-0.15, -0.1) is 0 Å². The smallest absolute Gasteiger partial charge is 0.236 e. The number of hydrogen-bond acceptors (Lipinski definition) is 5. The molecule has 0 N–H and O–H groups in total. The van der Waals surface area contributed by atoms with E-state index >= 15 is 0 Å². The first-order valence-electron chi connectivity index (χ1n) is 8.65. The first-order chi connectivity index (χ1) is 12.1. The molecule has 0 aliphatic carbocycles. The number of rotatable bonds is 5. The fourth-order valence-corrected chi connectivity index (χ4v) is 2.93. The van der Waals surface area contributed by atoms with Gasteiger partial charge < -0.3 is 9.80 Å². The quantitative estimate of drug-likeness (QED) is 0.828. The first kappa shape index (κ1) is 17.4. The van der Waals surface area contributed by atoms with Gasteiger partial charge in [0, 0.05) is 52.2 Å². The number of anilines is 1. The summed E-state index contributed by atoms with van der Waals surface area (Å²) in [6.45, 7) is 6.57. The lowest BCUT2D eigenvalue weighted by Crippen LogP contribution is -2.50. The SMILES string of the molecule is Cc1ccc(CN(C)C(=O)CN2CCN(c3ncccn3)CC2)cc1. The number of hydrogen-bond donors (Lipinski definition) is 0. The molecular weight excluding hydrogens is 314 g/mol. The Balaban J connectivity index is 1.46. The molecule has 0 spiro atoms. The molecule has 2 aromatic rings. The van der Waals surface area contributed by atoms with Gasteiger partial charge in [-0.25, -0.2) is 9.97 Å². The van der Waals surface area contributed by atoms with Crippen molar-refractivity contribution in [2.24, 2.45) is 0 Å². The highest BCUT2D eigenvalue weighted by molar-refractivity contribution is 5.78. The van der Waals surface area contributed by atoms with Gasteiger partial charge in [0.25, 0.3) is 0 Å². The zero-order chi connectivity index (χ0) is 17.6. The zero-order valence-electron chi connectivity index (χ0n) is 14.9. The number of benzene rings is 1. The van der Waals surface area contributed by atoms with Gasteiger partial charge in [0.2, 0.25) is 11.9 Å². The fourth-order valence-electron chi connectivity index (χ4n) is 2.93. The Morgan fingerprint density at radius 2 is 1.72 bits per heavy atom. The second-order valence-corrected chi connectivity index (χ2v) is 6.55. The number of carbonyl (C=O) groups excluding carboxylic acids is 1. The maximum absolute atomic E-state index is 12.5. The molecular formula is C19H25N5O. The topological polar surface area (TPSA) is 52.6 Å². The van der Waals surface area contributed by atoms with E-state index in [0.29, 0.717) is 13.1 Å². The minimum absolute atomic E-state index is 0.157. The van der Waals surface area contributed by atoms with E-state index in [4.69, 9.17) is 0 Å². The highest BCUT2D eigenvalue weighted by Gasteiger charge is 2.21. The van der Waals surface area contributed by atoms with Gasteiger partial charge in [-0.2, -0.15) is 0 Å². The summed E-state index contributed by atoms with van der Waals surface area (Å²) in [6.07, 6.45) is 3.52. The average molecular weight is 339 g/mol. The monoisotopic (exact) mass is 339 g/mol. The van der Waals surface area contributed by atoms with E-state index in [9.17, 15) is 4.79 Å². The molecule has 0 bridgehead atoms. The third-order valence-electron chi connectivity index (χ3n) is 4.53. The van der Waals surface area contributed by atoms with Gasteiger partial charge in [-0.1, -0.05) is 29.8 Å².